The van der Waals surface area contributed by atoms with E-state index in [-0.39, 0.29) is 0 Å². The fourth-order valence-electron chi connectivity index (χ4n) is 2.42. The molecule has 104 valence electrons. The van der Waals surface area contributed by atoms with Gasteiger partial charge in [-0.3, -0.25) is 4.57 Å². The average molecular weight is 280 g/mol. The maximum Gasteiger partial charge on any atom is 0.205 e. The van der Waals surface area contributed by atoms with Crippen LogP contribution < -0.4 is 0 Å². The number of furan rings is 3. The molecule has 0 saturated carbocycles. The third kappa shape index (κ3) is 1.82. The fourth-order valence-corrected chi connectivity index (χ4v) is 2.42. The molecule has 0 saturated heterocycles. The van der Waals surface area contributed by atoms with E-state index < -0.39 is 0 Å². The summed E-state index contributed by atoms with van der Waals surface area (Å²) >= 11 is 0. The maximum atomic E-state index is 5.57. The second-order valence-corrected chi connectivity index (χ2v) is 4.60. The van der Waals surface area contributed by atoms with Gasteiger partial charge in [-0.1, -0.05) is 0 Å². The first-order chi connectivity index (χ1) is 10.3. The van der Waals surface area contributed by atoms with Crippen molar-refractivity contribution in [2.45, 2.75) is 6.92 Å². The van der Waals surface area contributed by atoms with Crippen LogP contribution in [0, 0.1) is 6.92 Å². The molecule has 0 unspecified atom stereocenters. The predicted octanol–water partition coefficient (Wildman–Crippen LogP) is 4.29. The molecule has 0 N–H and O–H groups in total. The number of nitrogens with zero attached hydrogens (tertiary/aromatic N) is 2. The standard InChI is InChI=1S/C16H12N2O3/c1-11-17-15(12-5-2-8-19-12)16(13-6-3-9-20-13)18(11)14-7-4-10-21-14/h2-10H,1H3. The monoisotopic (exact) mass is 280 g/mol. The van der Waals surface area contributed by atoms with E-state index >= 15 is 0 Å². The highest BCUT2D eigenvalue weighted by Crippen LogP contribution is 2.35. The first kappa shape index (κ1) is 11.8. The number of rotatable bonds is 3. The van der Waals surface area contributed by atoms with Crippen molar-refractivity contribution in [3.05, 3.63) is 61.0 Å². The minimum absolute atomic E-state index is 0.684. The van der Waals surface area contributed by atoms with Crippen molar-refractivity contribution in [1.29, 1.82) is 0 Å². The van der Waals surface area contributed by atoms with Gasteiger partial charge in [0.25, 0.3) is 0 Å². The molecule has 5 nitrogen and oxygen atoms in total. The fraction of sp³-hybridized carbons (Fsp3) is 0.0625. The third-order valence-electron chi connectivity index (χ3n) is 3.28. The molecule has 0 aromatic carbocycles. The molecule has 4 rings (SSSR count). The molecule has 0 aliphatic heterocycles. The Morgan fingerprint density at radius 1 is 0.857 bits per heavy atom. The molecule has 0 amide bonds. The van der Waals surface area contributed by atoms with Crippen LogP contribution in [0.15, 0.2) is 68.4 Å². The minimum Gasteiger partial charge on any atom is -0.463 e. The maximum absolute atomic E-state index is 5.57. The summed E-state index contributed by atoms with van der Waals surface area (Å²) in [6, 6.07) is 11.2. The van der Waals surface area contributed by atoms with Crippen molar-refractivity contribution in [3.63, 3.8) is 0 Å². The SMILES string of the molecule is Cc1nc(-c2ccco2)c(-c2ccco2)n1-c1ccco1. The lowest BCUT2D eigenvalue weighted by Crippen LogP contribution is -1.97. The minimum atomic E-state index is 0.684. The Balaban J connectivity index is 2.04. The van der Waals surface area contributed by atoms with Crippen LogP contribution >= 0.6 is 0 Å². The number of hydrogen-bond donors (Lipinski definition) is 0. The van der Waals surface area contributed by atoms with Gasteiger partial charge in [0, 0.05) is 6.07 Å². The van der Waals surface area contributed by atoms with Gasteiger partial charge in [-0.15, -0.1) is 0 Å². The lowest BCUT2D eigenvalue weighted by molar-refractivity contribution is 0.530. The molecule has 0 bridgehead atoms. The molecule has 4 aromatic heterocycles. The molecular weight excluding hydrogens is 268 g/mol. The quantitative estimate of drug-likeness (QED) is 0.561. The molecule has 5 heteroatoms. The van der Waals surface area contributed by atoms with Crippen molar-refractivity contribution in [1.82, 2.24) is 9.55 Å². The normalized spacial score (nSPS) is 11.1. The highest BCUT2D eigenvalue weighted by Gasteiger charge is 2.23. The summed E-state index contributed by atoms with van der Waals surface area (Å²) in [5.74, 6) is 2.88. The molecule has 0 fully saturated rings. The first-order valence-corrected chi connectivity index (χ1v) is 6.55. The van der Waals surface area contributed by atoms with E-state index in [1.54, 1.807) is 18.8 Å². The van der Waals surface area contributed by atoms with Crippen molar-refractivity contribution < 1.29 is 13.3 Å². The van der Waals surface area contributed by atoms with Crippen molar-refractivity contribution in [2.24, 2.45) is 0 Å². The average Bonchev–Trinajstić information content (AvgIpc) is 3.26. The van der Waals surface area contributed by atoms with Crippen molar-refractivity contribution in [3.8, 4) is 28.8 Å². The number of imidazole rings is 1. The van der Waals surface area contributed by atoms with E-state index in [1.807, 2.05) is 47.9 Å². The van der Waals surface area contributed by atoms with E-state index in [2.05, 4.69) is 4.98 Å². The zero-order chi connectivity index (χ0) is 14.2. The van der Waals surface area contributed by atoms with E-state index in [4.69, 9.17) is 13.3 Å². The lowest BCUT2D eigenvalue weighted by atomic mass is 10.2. The zero-order valence-corrected chi connectivity index (χ0v) is 11.3. The van der Waals surface area contributed by atoms with Gasteiger partial charge in [-0.05, 0) is 37.3 Å². The van der Waals surface area contributed by atoms with Gasteiger partial charge in [0.15, 0.2) is 11.5 Å². The Hall–Kier alpha value is -2.95. The van der Waals surface area contributed by atoms with Gasteiger partial charge in [0.05, 0.1) is 18.8 Å². The molecule has 0 aliphatic rings. The van der Waals surface area contributed by atoms with Gasteiger partial charge in [-0.2, -0.15) is 0 Å². The largest absolute Gasteiger partial charge is 0.463 e. The Bertz CT molecular complexity index is 838. The Morgan fingerprint density at radius 2 is 1.52 bits per heavy atom. The summed E-state index contributed by atoms with van der Waals surface area (Å²) < 4.78 is 18.5. The third-order valence-corrected chi connectivity index (χ3v) is 3.28. The highest BCUT2D eigenvalue weighted by atomic mass is 16.3. The summed E-state index contributed by atoms with van der Waals surface area (Å²) in [5, 5.41) is 0. The predicted molar refractivity (Wildman–Crippen MR) is 76.0 cm³/mol. The van der Waals surface area contributed by atoms with Crippen LogP contribution in [0.1, 0.15) is 5.82 Å². The number of hydrogen-bond acceptors (Lipinski definition) is 4. The first-order valence-electron chi connectivity index (χ1n) is 6.55. The molecule has 0 spiro atoms. The second-order valence-electron chi connectivity index (χ2n) is 4.60. The van der Waals surface area contributed by atoms with E-state index in [0.717, 1.165) is 17.2 Å². The van der Waals surface area contributed by atoms with Crippen LogP contribution in [0.2, 0.25) is 0 Å². The molecule has 4 heterocycles. The summed E-state index contributed by atoms with van der Waals surface area (Å²) in [6.45, 7) is 1.92. The Labute approximate surface area is 120 Å². The Morgan fingerprint density at radius 3 is 2.14 bits per heavy atom. The van der Waals surface area contributed by atoms with Gasteiger partial charge in [-0.25, -0.2) is 4.98 Å². The van der Waals surface area contributed by atoms with Gasteiger partial charge < -0.3 is 13.3 Å². The molecular formula is C16H12N2O3. The van der Waals surface area contributed by atoms with Crippen LogP contribution in [0.5, 0.6) is 0 Å². The molecule has 21 heavy (non-hydrogen) atoms. The lowest BCUT2D eigenvalue weighted by Gasteiger charge is -2.05. The van der Waals surface area contributed by atoms with Crippen molar-refractivity contribution in [2.75, 3.05) is 0 Å². The van der Waals surface area contributed by atoms with Crippen LogP contribution in [-0.2, 0) is 0 Å². The van der Waals surface area contributed by atoms with E-state index in [1.165, 1.54) is 0 Å². The molecule has 4 aromatic rings. The van der Waals surface area contributed by atoms with Crippen LogP contribution in [0.3, 0.4) is 0 Å². The Kier molecular flexibility index (Phi) is 2.57. The highest BCUT2D eigenvalue weighted by molar-refractivity contribution is 5.75. The van der Waals surface area contributed by atoms with E-state index in [9.17, 15) is 0 Å². The smallest absolute Gasteiger partial charge is 0.205 e. The molecule has 0 atom stereocenters. The number of aromatic nitrogens is 2. The molecule has 0 aliphatic carbocycles. The second kappa shape index (κ2) is 4.56. The van der Waals surface area contributed by atoms with Crippen LogP contribution in [-0.4, -0.2) is 9.55 Å². The van der Waals surface area contributed by atoms with Gasteiger partial charge in [0.2, 0.25) is 5.88 Å². The van der Waals surface area contributed by atoms with E-state index in [0.29, 0.717) is 17.4 Å². The summed E-state index contributed by atoms with van der Waals surface area (Å²) in [4.78, 5) is 4.61. The summed E-state index contributed by atoms with van der Waals surface area (Å²) in [5.41, 5.74) is 1.53. The topological polar surface area (TPSA) is 57.2 Å². The number of aryl methyl sites for hydroxylation is 1. The van der Waals surface area contributed by atoms with Crippen molar-refractivity contribution >= 4 is 0 Å². The van der Waals surface area contributed by atoms with Crippen LogP contribution in [0.4, 0.5) is 0 Å². The summed E-state index contributed by atoms with van der Waals surface area (Å²) in [7, 11) is 0. The molecule has 0 radical (unpaired) electrons. The summed E-state index contributed by atoms with van der Waals surface area (Å²) in [6.07, 6.45) is 4.89. The van der Waals surface area contributed by atoms with Gasteiger partial charge >= 0.3 is 0 Å². The van der Waals surface area contributed by atoms with Crippen LogP contribution in [0.25, 0.3) is 28.8 Å². The zero-order valence-electron chi connectivity index (χ0n) is 11.3. The van der Waals surface area contributed by atoms with Gasteiger partial charge in [0.1, 0.15) is 17.2 Å².